The molecule has 174 valence electrons. The maximum Gasteiger partial charge on any atom is 0.433 e. The number of hydrogen-bond donors (Lipinski definition) is 1. The average molecular weight is 479 g/mol. The van der Waals surface area contributed by atoms with E-state index in [0.717, 1.165) is 17.8 Å². The highest BCUT2D eigenvalue weighted by atomic mass is 32.2. The molecule has 7 nitrogen and oxygen atoms in total. The molecule has 1 heterocycles. The predicted molar refractivity (Wildman–Crippen MR) is 118 cm³/mol. The van der Waals surface area contributed by atoms with E-state index in [1.807, 2.05) is 0 Å². The number of carbonyl (C=O) groups excluding carboxylic acids is 1. The number of thioether (sulfide) groups is 1. The van der Waals surface area contributed by atoms with Crippen molar-refractivity contribution >= 4 is 23.4 Å². The number of nitrogens with zero attached hydrogens (tertiary/aromatic N) is 2. The molecule has 1 amide bonds. The van der Waals surface area contributed by atoms with Crippen LogP contribution in [0.5, 0.6) is 17.2 Å². The second kappa shape index (κ2) is 10.4. The smallest absolute Gasteiger partial charge is 0.433 e. The minimum absolute atomic E-state index is 0.0361. The highest BCUT2D eigenvalue weighted by Gasteiger charge is 2.34. The van der Waals surface area contributed by atoms with Crippen LogP contribution in [0.3, 0.4) is 0 Å². The van der Waals surface area contributed by atoms with E-state index in [-0.39, 0.29) is 16.6 Å². The van der Waals surface area contributed by atoms with Crippen molar-refractivity contribution in [2.75, 3.05) is 32.4 Å². The molecule has 0 saturated heterocycles. The number of anilines is 1. The van der Waals surface area contributed by atoms with E-state index in [9.17, 15) is 18.0 Å². The molecule has 0 aliphatic rings. The van der Waals surface area contributed by atoms with Crippen molar-refractivity contribution in [2.45, 2.75) is 11.3 Å². The van der Waals surface area contributed by atoms with Gasteiger partial charge in [0.15, 0.2) is 16.7 Å². The van der Waals surface area contributed by atoms with Crippen LogP contribution in [-0.2, 0) is 11.0 Å². The summed E-state index contributed by atoms with van der Waals surface area (Å²) in [7, 11) is 4.37. The van der Waals surface area contributed by atoms with Crippen LogP contribution in [0, 0.1) is 0 Å². The molecule has 1 aromatic heterocycles. The van der Waals surface area contributed by atoms with Crippen LogP contribution in [0.4, 0.5) is 18.9 Å². The van der Waals surface area contributed by atoms with Gasteiger partial charge in [0.2, 0.25) is 5.91 Å². The summed E-state index contributed by atoms with van der Waals surface area (Å²) >= 11 is 0.793. The molecule has 0 aliphatic heterocycles. The van der Waals surface area contributed by atoms with Gasteiger partial charge in [-0.1, -0.05) is 17.8 Å². The fourth-order valence-corrected chi connectivity index (χ4v) is 3.46. The number of rotatable bonds is 8. The van der Waals surface area contributed by atoms with Gasteiger partial charge in [0.25, 0.3) is 0 Å². The van der Waals surface area contributed by atoms with Crippen LogP contribution in [0.25, 0.3) is 11.3 Å². The molecule has 0 aliphatic carbocycles. The molecule has 1 N–H and O–H groups in total. The van der Waals surface area contributed by atoms with Crippen molar-refractivity contribution in [3.63, 3.8) is 0 Å². The second-order valence-electron chi connectivity index (χ2n) is 6.56. The molecule has 3 rings (SSSR count). The quantitative estimate of drug-likeness (QED) is 0.363. The average Bonchev–Trinajstić information content (AvgIpc) is 2.81. The highest BCUT2D eigenvalue weighted by molar-refractivity contribution is 7.99. The molecule has 11 heteroatoms. The van der Waals surface area contributed by atoms with Crippen molar-refractivity contribution in [2.24, 2.45) is 0 Å². The Morgan fingerprint density at radius 1 is 0.970 bits per heavy atom. The van der Waals surface area contributed by atoms with E-state index >= 15 is 0 Å². The number of ether oxygens (including phenoxy) is 3. The monoisotopic (exact) mass is 479 g/mol. The molecule has 33 heavy (non-hydrogen) atoms. The number of amides is 1. The van der Waals surface area contributed by atoms with Crippen molar-refractivity contribution < 1.29 is 32.2 Å². The lowest BCUT2D eigenvalue weighted by atomic mass is 10.1. The van der Waals surface area contributed by atoms with Gasteiger partial charge in [0.05, 0.1) is 32.8 Å². The SMILES string of the molecule is COc1cccc(NC(=O)CSc2nc(-c3ccc(OC)c(OC)c3)cc(C(F)(F)F)n2)c1. The van der Waals surface area contributed by atoms with Crippen molar-refractivity contribution in [3.05, 3.63) is 54.2 Å². The van der Waals surface area contributed by atoms with E-state index in [1.54, 1.807) is 36.4 Å². The first kappa shape index (κ1) is 24.2. The summed E-state index contributed by atoms with van der Waals surface area (Å²) in [6, 6.07) is 12.2. The molecule has 0 fully saturated rings. The van der Waals surface area contributed by atoms with E-state index in [4.69, 9.17) is 14.2 Å². The molecule has 0 atom stereocenters. The van der Waals surface area contributed by atoms with Gasteiger partial charge in [-0.3, -0.25) is 4.79 Å². The molecule has 0 spiro atoms. The summed E-state index contributed by atoms with van der Waals surface area (Å²) in [5.41, 5.74) is -0.203. The van der Waals surface area contributed by atoms with Gasteiger partial charge in [0.1, 0.15) is 11.4 Å². The summed E-state index contributed by atoms with van der Waals surface area (Å²) in [5.74, 6) is 0.705. The van der Waals surface area contributed by atoms with Gasteiger partial charge in [-0.2, -0.15) is 13.2 Å². The predicted octanol–water partition coefficient (Wildman–Crippen LogP) is 4.92. The van der Waals surface area contributed by atoms with Gasteiger partial charge < -0.3 is 19.5 Å². The Kier molecular flexibility index (Phi) is 7.64. The van der Waals surface area contributed by atoms with Crippen molar-refractivity contribution in [1.82, 2.24) is 9.97 Å². The molecule has 2 aromatic carbocycles. The van der Waals surface area contributed by atoms with Gasteiger partial charge in [-0.25, -0.2) is 9.97 Å². The minimum Gasteiger partial charge on any atom is -0.497 e. The van der Waals surface area contributed by atoms with Gasteiger partial charge in [0, 0.05) is 17.3 Å². The first-order valence-corrected chi connectivity index (χ1v) is 10.5. The topological polar surface area (TPSA) is 82.6 Å². The van der Waals surface area contributed by atoms with Crippen molar-refractivity contribution in [1.29, 1.82) is 0 Å². The Hall–Kier alpha value is -3.47. The number of benzene rings is 2. The Morgan fingerprint density at radius 2 is 1.73 bits per heavy atom. The summed E-state index contributed by atoms with van der Waals surface area (Å²) < 4.78 is 55.8. The van der Waals surface area contributed by atoms with Gasteiger partial charge in [-0.05, 0) is 36.4 Å². The zero-order valence-electron chi connectivity index (χ0n) is 17.9. The first-order chi connectivity index (χ1) is 15.7. The molecule has 0 radical (unpaired) electrons. The molecule has 0 unspecified atom stereocenters. The third-order valence-corrected chi connectivity index (χ3v) is 5.21. The number of hydrogen-bond acceptors (Lipinski definition) is 7. The third-order valence-electron chi connectivity index (χ3n) is 4.36. The molecule has 0 saturated carbocycles. The Labute approximate surface area is 192 Å². The summed E-state index contributed by atoms with van der Waals surface area (Å²) in [6.07, 6.45) is -4.69. The number of methoxy groups -OCH3 is 3. The van der Waals surface area contributed by atoms with Gasteiger partial charge >= 0.3 is 6.18 Å². The van der Waals surface area contributed by atoms with E-state index in [2.05, 4.69) is 15.3 Å². The fourth-order valence-electron chi connectivity index (χ4n) is 2.81. The molecule has 0 bridgehead atoms. The third kappa shape index (κ3) is 6.28. The zero-order chi connectivity index (χ0) is 24.0. The van der Waals surface area contributed by atoms with Gasteiger partial charge in [-0.15, -0.1) is 0 Å². The number of nitrogens with one attached hydrogen (secondary N) is 1. The Morgan fingerprint density at radius 3 is 2.39 bits per heavy atom. The summed E-state index contributed by atoms with van der Waals surface area (Å²) in [6.45, 7) is 0. The fraction of sp³-hybridized carbons (Fsp3) is 0.227. The largest absolute Gasteiger partial charge is 0.497 e. The standard InChI is InChI=1S/C22H20F3N3O4S/c1-30-15-6-4-5-14(10-15)26-20(29)12-33-21-27-16(11-19(28-21)22(23,24)25)13-7-8-17(31-2)18(9-13)32-3/h4-11H,12H2,1-3H3,(H,26,29). The van der Waals surface area contributed by atoms with Crippen molar-refractivity contribution in [3.8, 4) is 28.5 Å². The normalized spacial score (nSPS) is 11.1. The summed E-state index contributed by atoms with van der Waals surface area (Å²) in [5, 5.41) is 2.47. The second-order valence-corrected chi connectivity index (χ2v) is 7.50. The Bertz CT molecular complexity index is 1140. The van der Waals surface area contributed by atoms with Crippen LogP contribution in [-0.4, -0.2) is 43.0 Å². The maximum absolute atomic E-state index is 13.5. The van der Waals surface area contributed by atoms with E-state index < -0.39 is 17.8 Å². The number of halogens is 3. The van der Waals surface area contributed by atoms with Crippen LogP contribution in [0.1, 0.15) is 5.69 Å². The lowest BCUT2D eigenvalue weighted by molar-refractivity contribution is -0.141. The first-order valence-electron chi connectivity index (χ1n) is 9.49. The van der Waals surface area contributed by atoms with E-state index in [0.29, 0.717) is 28.5 Å². The van der Waals surface area contributed by atoms with Crippen LogP contribution >= 0.6 is 11.8 Å². The number of aromatic nitrogens is 2. The zero-order valence-corrected chi connectivity index (χ0v) is 18.7. The van der Waals surface area contributed by atoms with E-state index in [1.165, 1.54) is 27.4 Å². The van der Waals surface area contributed by atoms with Crippen LogP contribution in [0.2, 0.25) is 0 Å². The van der Waals surface area contributed by atoms with Crippen LogP contribution in [0.15, 0.2) is 53.7 Å². The highest BCUT2D eigenvalue weighted by Crippen LogP contribution is 2.35. The lowest BCUT2D eigenvalue weighted by Crippen LogP contribution is -2.15. The summed E-state index contributed by atoms with van der Waals surface area (Å²) in [4.78, 5) is 20.1. The lowest BCUT2D eigenvalue weighted by Gasteiger charge is -2.12. The molecular weight excluding hydrogens is 459 g/mol. The Balaban J connectivity index is 1.84. The maximum atomic E-state index is 13.5. The van der Waals surface area contributed by atoms with Crippen LogP contribution < -0.4 is 19.5 Å². The number of alkyl halides is 3. The minimum atomic E-state index is -4.69. The molecular formula is C22H20F3N3O4S. The molecule has 3 aromatic rings. The number of carbonyl (C=O) groups is 1.